The largest absolute Gasteiger partial charge is 0.365 e. The van der Waals surface area contributed by atoms with Crippen molar-refractivity contribution in [2.24, 2.45) is 0 Å². The molecule has 1 fully saturated rings. The minimum Gasteiger partial charge on any atom is -0.365 e. The van der Waals surface area contributed by atoms with E-state index in [0.29, 0.717) is 23.6 Å². The van der Waals surface area contributed by atoms with Crippen molar-refractivity contribution in [1.82, 2.24) is 0 Å². The maximum atomic E-state index is 11.7. The molecule has 1 unspecified atom stereocenters. The van der Waals surface area contributed by atoms with Gasteiger partial charge in [-0.1, -0.05) is 23.7 Å². The number of para-hydroxylation sites is 1. The Labute approximate surface area is 111 Å². The Kier molecular flexibility index (Phi) is 3.51. The molecular formula is C12H13ClN2O2S. The first-order chi connectivity index (χ1) is 8.46. The van der Waals surface area contributed by atoms with E-state index in [-0.39, 0.29) is 11.5 Å². The third-order valence-electron chi connectivity index (χ3n) is 2.99. The number of hydrogen-bond acceptors (Lipinski definition) is 4. The van der Waals surface area contributed by atoms with E-state index >= 15 is 0 Å². The zero-order valence-corrected chi connectivity index (χ0v) is 11.3. The highest BCUT2D eigenvalue weighted by Gasteiger charge is 2.39. The summed E-state index contributed by atoms with van der Waals surface area (Å²) in [6.45, 7) is 0. The van der Waals surface area contributed by atoms with Crippen LogP contribution in [0.3, 0.4) is 0 Å². The van der Waals surface area contributed by atoms with Gasteiger partial charge < -0.3 is 5.32 Å². The van der Waals surface area contributed by atoms with Gasteiger partial charge in [-0.25, -0.2) is 8.42 Å². The van der Waals surface area contributed by atoms with Crippen molar-refractivity contribution < 1.29 is 8.42 Å². The van der Waals surface area contributed by atoms with Crippen molar-refractivity contribution in [2.75, 3.05) is 16.8 Å². The van der Waals surface area contributed by atoms with Crippen LogP contribution in [0.2, 0.25) is 5.02 Å². The molecule has 2 rings (SSSR count). The lowest BCUT2D eigenvalue weighted by atomic mass is 9.97. The first-order valence-electron chi connectivity index (χ1n) is 5.61. The predicted octanol–water partition coefficient (Wildman–Crippen LogP) is 2.22. The molecule has 0 saturated carbocycles. The van der Waals surface area contributed by atoms with Gasteiger partial charge in [0.2, 0.25) is 0 Å². The van der Waals surface area contributed by atoms with Crippen LogP contribution < -0.4 is 5.32 Å². The third kappa shape index (κ3) is 2.77. The van der Waals surface area contributed by atoms with Crippen LogP contribution in [0.25, 0.3) is 0 Å². The fraction of sp³-hybridized carbons (Fsp3) is 0.417. The van der Waals surface area contributed by atoms with E-state index in [1.807, 2.05) is 0 Å². The Bertz CT molecular complexity index is 594. The zero-order valence-electron chi connectivity index (χ0n) is 9.69. The minimum absolute atomic E-state index is 0.153. The van der Waals surface area contributed by atoms with Crippen molar-refractivity contribution in [3.63, 3.8) is 0 Å². The lowest BCUT2D eigenvalue weighted by Crippen LogP contribution is -2.47. The Morgan fingerprint density at radius 2 is 2.11 bits per heavy atom. The van der Waals surface area contributed by atoms with Gasteiger partial charge in [0.05, 0.1) is 28.3 Å². The second kappa shape index (κ2) is 4.79. The number of halogens is 1. The monoisotopic (exact) mass is 284 g/mol. The Hall–Kier alpha value is -1.25. The predicted molar refractivity (Wildman–Crippen MR) is 71.3 cm³/mol. The number of rotatable bonds is 2. The van der Waals surface area contributed by atoms with Crippen molar-refractivity contribution in [1.29, 1.82) is 5.26 Å². The summed E-state index contributed by atoms with van der Waals surface area (Å²) in [5.74, 6) is -0.0116. The maximum absolute atomic E-state index is 11.7. The Balaban J connectivity index is 2.30. The van der Waals surface area contributed by atoms with E-state index < -0.39 is 15.4 Å². The molecule has 1 aromatic rings. The number of benzene rings is 1. The Morgan fingerprint density at radius 3 is 2.72 bits per heavy atom. The maximum Gasteiger partial charge on any atom is 0.153 e. The second-order valence-electron chi connectivity index (χ2n) is 4.49. The number of sulfone groups is 1. The summed E-state index contributed by atoms with van der Waals surface area (Å²) in [6, 6.07) is 9.11. The number of nitriles is 1. The van der Waals surface area contributed by atoms with Crippen LogP contribution in [0.4, 0.5) is 5.69 Å². The van der Waals surface area contributed by atoms with Gasteiger partial charge in [-0.2, -0.15) is 5.26 Å². The molecule has 1 atom stereocenters. The van der Waals surface area contributed by atoms with Gasteiger partial charge in [0.15, 0.2) is 9.84 Å². The fourth-order valence-corrected chi connectivity index (χ4v) is 4.09. The average molecular weight is 285 g/mol. The molecule has 96 valence electrons. The van der Waals surface area contributed by atoms with Crippen LogP contribution in [0.15, 0.2) is 24.3 Å². The topological polar surface area (TPSA) is 70.0 Å². The third-order valence-corrected chi connectivity index (χ3v) is 5.16. The summed E-state index contributed by atoms with van der Waals surface area (Å²) in [4.78, 5) is 0. The molecule has 1 aromatic carbocycles. The van der Waals surface area contributed by atoms with E-state index in [2.05, 4.69) is 11.4 Å². The van der Waals surface area contributed by atoms with Crippen LogP contribution in [0.5, 0.6) is 0 Å². The standard InChI is InChI=1S/C12H13ClN2O2S/c13-10-4-1-2-5-11(10)15-12(8-14)6-3-7-18(16,17)9-12/h1-2,4-5,15H,3,6-7,9H2. The van der Waals surface area contributed by atoms with Crippen LogP contribution in [-0.4, -0.2) is 25.5 Å². The molecule has 0 bridgehead atoms. The molecule has 1 N–H and O–H groups in total. The van der Waals surface area contributed by atoms with Crippen molar-refractivity contribution >= 4 is 27.1 Å². The molecule has 4 nitrogen and oxygen atoms in total. The molecule has 18 heavy (non-hydrogen) atoms. The van der Waals surface area contributed by atoms with Crippen LogP contribution in [-0.2, 0) is 9.84 Å². The summed E-state index contributed by atoms with van der Waals surface area (Å²) < 4.78 is 23.4. The van der Waals surface area contributed by atoms with Gasteiger partial charge in [0, 0.05) is 0 Å². The molecule has 0 amide bonds. The van der Waals surface area contributed by atoms with Crippen molar-refractivity contribution in [3.8, 4) is 6.07 Å². The molecule has 0 spiro atoms. The van der Waals surface area contributed by atoms with E-state index in [9.17, 15) is 13.7 Å². The molecular weight excluding hydrogens is 272 g/mol. The summed E-state index contributed by atoms with van der Waals surface area (Å²) in [5.41, 5.74) is -0.472. The van der Waals surface area contributed by atoms with Gasteiger partial charge in [0.25, 0.3) is 0 Å². The van der Waals surface area contributed by atoms with E-state index in [1.165, 1.54) is 0 Å². The number of hydrogen-bond donors (Lipinski definition) is 1. The molecule has 0 aliphatic carbocycles. The molecule has 1 aliphatic rings. The highest BCUT2D eigenvalue weighted by Crippen LogP contribution is 2.30. The number of nitrogens with one attached hydrogen (secondary N) is 1. The molecule has 6 heteroatoms. The van der Waals surface area contributed by atoms with Crippen LogP contribution in [0.1, 0.15) is 12.8 Å². The SMILES string of the molecule is N#CC1(Nc2ccccc2Cl)CCCS(=O)(=O)C1. The minimum atomic E-state index is -3.16. The molecule has 0 radical (unpaired) electrons. The number of anilines is 1. The molecule has 1 saturated heterocycles. The highest BCUT2D eigenvalue weighted by atomic mass is 35.5. The first-order valence-corrected chi connectivity index (χ1v) is 7.81. The molecule has 1 heterocycles. The summed E-state index contributed by atoms with van der Waals surface area (Å²) in [7, 11) is -3.16. The average Bonchev–Trinajstić information content (AvgIpc) is 2.31. The van der Waals surface area contributed by atoms with E-state index in [1.54, 1.807) is 24.3 Å². The van der Waals surface area contributed by atoms with Gasteiger partial charge >= 0.3 is 0 Å². The van der Waals surface area contributed by atoms with E-state index in [4.69, 9.17) is 11.6 Å². The van der Waals surface area contributed by atoms with Crippen molar-refractivity contribution in [2.45, 2.75) is 18.4 Å². The normalized spacial score (nSPS) is 26.2. The zero-order chi connectivity index (χ0) is 13.2. The van der Waals surface area contributed by atoms with Crippen LogP contribution >= 0.6 is 11.6 Å². The summed E-state index contributed by atoms with van der Waals surface area (Å²) in [5, 5.41) is 12.8. The highest BCUT2D eigenvalue weighted by molar-refractivity contribution is 7.91. The summed E-state index contributed by atoms with van der Waals surface area (Å²) >= 11 is 6.01. The lowest BCUT2D eigenvalue weighted by Gasteiger charge is -2.32. The fourth-order valence-electron chi connectivity index (χ4n) is 2.15. The molecule has 1 aliphatic heterocycles. The lowest BCUT2D eigenvalue weighted by molar-refractivity contribution is 0.519. The van der Waals surface area contributed by atoms with Crippen LogP contribution in [0, 0.1) is 11.3 Å². The van der Waals surface area contributed by atoms with Gasteiger partial charge in [-0.3, -0.25) is 0 Å². The first kappa shape index (κ1) is 13.2. The quantitative estimate of drug-likeness (QED) is 0.904. The summed E-state index contributed by atoms with van der Waals surface area (Å²) in [6.07, 6.45) is 1.00. The smallest absolute Gasteiger partial charge is 0.153 e. The van der Waals surface area contributed by atoms with E-state index in [0.717, 1.165) is 0 Å². The van der Waals surface area contributed by atoms with Gasteiger partial charge in [-0.05, 0) is 25.0 Å². The molecule has 0 aromatic heterocycles. The van der Waals surface area contributed by atoms with Gasteiger partial charge in [0.1, 0.15) is 5.54 Å². The number of nitrogens with zero attached hydrogens (tertiary/aromatic N) is 1. The van der Waals surface area contributed by atoms with Crippen molar-refractivity contribution in [3.05, 3.63) is 29.3 Å². The second-order valence-corrected chi connectivity index (χ2v) is 7.09. The van der Waals surface area contributed by atoms with Gasteiger partial charge in [-0.15, -0.1) is 0 Å². The Morgan fingerprint density at radius 1 is 1.39 bits per heavy atom.